The van der Waals surface area contributed by atoms with Crippen LogP contribution >= 0.6 is 11.3 Å². The highest BCUT2D eigenvalue weighted by molar-refractivity contribution is 7.18. The number of carbonyl (C=O) groups excluding carboxylic acids is 1. The van der Waals surface area contributed by atoms with Crippen molar-refractivity contribution in [1.82, 2.24) is 19.9 Å². The van der Waals surface area contributed by atoms with Crippen LogP contribution in [0.15, 0.2) is 36.9 Å². The highest BCUT2D eigenvalue weighted by Crippen LogP contribution is 2.27. The molecule has 6 nitrogen and oxygen atoms in total. The molecule has 0 radical (unpaired) electrons. The molecule has 0 aliphatic heterocycles. The first-order valence-corrected chi connectivity index (χ1v) is 9.03. The standard InChI is InChI=1S/C18H21N5OS/c1-13-11-15-17(21-12-22-18(15)25-13)20-9-5-16(24)23(2)10-6-14-3-7-19-8-4-14/h3-4,7-8,11-12H,5-6,9-10H2,1-2H3,(H,20,21,22). The van der Waals surface area contributed by atoms with Gasteiger partial charge >= 0.3 is 0 Å². The summed E-state index contributed by atoms with van der Waals surface area (Å²) in [5, 5.41) is 4.28. The van der Waals surface area contributed by atoms with Crippen molar-refractivity contribution in [2.75, 3.05) is 25.5 Å². The molecule has 3 rings (SSSR count). The first-order valence-electron chi connectivity index (χ1n) is 8.21. The Balaban J connectivity index is 1.48. The number of hydrogen-bond acceptors (Lipinski definition) is 6. The largest absolute Gasteiger partial charge is 0.369 e. The van der Waals surface area contributed by atoms with Crippen LogP contribution < -0.4 is 5.32 Å². The molecule has 25 heavy (non-hydrogen) atoms. The number of nitrogens with zero attached hydrogens (tertiary/aromatic N) is 4. The number of carbonyl (C=O) groups is 1. The molecule has 0 saturated heterocycles. The van der Waals surface area contributed by atoms with E-state index in [0.29, 0.717) is 19.5 Å². The van der Waals surface area contributed by atoms with Crippen LogP contribution in [0.2, 0.25) is 0 Å². The molecule has 0 saturated carbocycles. The van der Waals surface area contributed by atoms with Crippen molar-refractivity contribution >= 4 is 33.3 Å². The van der Waals surface area contributed by atoms with Gasteiger partial charge in [-0.2, -0.15) is 0 Å². The maximum Gasteiger partial charge on any atom is 0.224 e. The predicted octanol–water partition coefficient (Wildman–Crippen LogP) is 2.90. The van der Waals surface area contributed by atoms with E-state index >= 15 is 0 Å². The van der Waals surface area contributed by atoms with Gasteiger partial charge in [0.25, 0.3) is 0 Å². The lowest BCUT2D eigenvalue weighted by Gasteiger charge is -2.17. The van der Waals surface area contributed by atoms with Crippen molar-refractivity contribution < 1.29 is 4.79 Å². The summed E-state index contributed by atoms with van der Waals surface area (Å²) in [6.45, 7) is 3.31. The van der Waals surface area contributed by atoms with E-state index in [1.165, 1.54) is 10.4 Å². The Bertz CT molecular complexity index is 849. The van der Waals surface area contributed by atoms with Crippen molar-refractivity contribution in [3.63, 3.8) is 0 Å². The van der Waals surface area contributed by atoms with Crippen molar-refractivity contribution in [3.8, 4) is 0 Å². The van der Waals surface area contributed by atoms with Crippen molar-refractivity contribution in [3.05, 3.63) is 47.4 Å². The molecule has 1 N–H and O–H groups in total. The van der Waals surface area contributed by atoms with E-state index in [4.69, 9.17) is 0 Å². The molecule has 0 spiro atoms. The molecule has 0 aromatic carbocycles. The van der Waals surface area contributed by atoms with Gasteiger partial charge in [0, 0.05) is 43.8 Å². The van der Waals surface area contributed by atoms with E-state index in [0.717, 1.165) is 22.5 Å². The van der Waals surface area contributed by atoms with E-state index in [1.807, 2.05) is 19.2 Å². The third-order valence-electron chi connectivity index (χ3n) is 3.99. The topological polar surface area (TPSA) is 71.0 Å². The van der Waals surface area contributed by atoms with Gasteiger partial charge in [-0.15, -0.1) is 11.3 Å². The van der Waals surface area contributed by atoms with Crippen molar-refractivity contribution in [2.45, 2.75) is 19.8 Å². The fraction of sp³-hybridized carbons (Fsp3) is 0.333. The molecule has 3 heterocycles. The molecule has 0 bridgehead atoms. The number of likely N-dealkylation sites (N-methyl/N-ethyl adjacent to an activating group) is 1. The fourth-order valence-electron chi connectivity index (χ4n) is 2.57. The molecular weight excluding hydrogens is 334 g/mol. The Kier molecular flexibility index (Phi) is 5.55. The lowest BCUT2D eigenvalue weighted by Crippen LogP contribution is -2.30. The van der Waals surface area contributed by atoms with Crippen molar-refractivity contribution in [2.24, 2.45) is 0 Å². The molecule has 0 atom stereocenters. The second-order valence-electron chi connectivity index (χ2n) is 5.90. The fourth-order valence-corrected chi connectivity index (χ4v) is 3.41. The summed E-state index contributed by atoms with van der Waals surface area (Å²) in [5.74, 6) is 0.912. The van der Waals surface area contributed by atoms with Crippen LogP contribution in [0, 0.1) is 6.92 Å². The van der Waals surface area contributed by atoms with E-state index in [9.17, 15) is 4.79 Å². The Hall–Kier alpha value is -2.54. The summed E-state index contributed by atoms with van der Waals surface area (Å²) in [7, 11) is 1.84. The maximum absolute atomic E-state index is 12.3. The Morgan fingerprint density at radius 1 is 1.28 bits per heavy atom. The number of pyridine rings is 1. The number of nitrogens with one attached hydrogen (secondary N) is 1. The second-order valence-corrected chi connectivity index (χ2v) is 7.13. The van der Waals surface area contributed by atoms with Crippen LogP contribution in [0.3, 0.4) is 0 Å². The minimum Gasteiger partial charge on any atom is -0.369 e. The molecule has 7 heteroatoms. The van der Waals surface area contributed by atoms with Crippen LogP contribution in [0.5, 0.6) is 0 Å². The number of rotatable bonds is 7. The smallest absolute Gasteiger partial charge is 0.224 e. The van der Waals surface area contributed by atoms with Gasteiger partial charge < -0.3 is 10.2 Å². The molecule has 0 aliphatic carbocycles. The number of aryl methyl sites for hydroxylation is 1. The zero-order valence-electron chi connectivity index (χ0n) is 14.4. The number of fused-ring (bicyclic) bond motifs is 1. The van der Waals surface area contributed by atoms with Gasteiger partial charge in [-0.05, 0) is 37.1 Å². The van der Waals surface area contributed by atoms with E-state index in [1.54, 1.807) is 35.0 Å². The van der Waals surface area contributed by atoms with E-state index < -0.39 is 0 Å². The number of thiophene rings is 1. The van der Waals surface area contributed by atoms with Crippen molar-refractivity contribution in [1.29, 1.82) is 0 Å². The SMILES string of the molecule is Cc1cc2c(NCCC(=O)N(C)CCc3ccncc3)ncnc2s1. The Morgan fingerprint density at radius 3 is 2.88 bits per heavy atom. The molecule has 0 unspecified atom stereocenters. The minimum atomic E-state index is 0.119. The molecule has 0 fully saturated rings. The molecular formula is C18H21N5OS. The zero-order chi connectivity index (χ0) is 17.6. The van der Waals surface area contributed by atoms with Gasteiger partial charge in [0.05, 0.1) is 5.39 Å². The molecule has 3 aromatic rings. The highest BCUT2D eigenvalue weighted by Gasteiger charge is 2.10. The summed E-state index contributed by atoms with van der Waals surface area (Å²) in [5.41, 5.74) is 1.18. The van der Waals surface area contributed by atoms with E-state index in [2.05, 4.69) is 33.3 Å². The van der Waals surface area contributed by atoms with Gasteiger partial charge in [-0.1, -0.05) is 0 Å². The molecule has 3 aromatic heterocycles. The summed E-state index contributed by atoms with van der Waals surface area (Å²) < 4.78 is 0. The van der Waals surface area contributed by atoms with Crippen LogP contribution in [-0.2, 0) is 11.2 Å². The van der Waals surface area contributed by atoms with Gasteiger partial charge in [0.2, 0.25) is 5.91 Å². The van der Waals surface area contributed by atoms with Gasteiger partial charge in [-0.25, -0.2) is 9.97 Å². The van der Waals surface area contributed by atoms with Gasteiger partial charge in [0.1, 0.15) is 17.0 Å². The van der Waals surface area contributed by atoms with Crippen LogP contribution in [0.4, 0.5) is 5.82 Å². The monoisotopic (exact) mass is 355 g/mol. The number of anilines is 1. The quantitative estimate of drug-likeness (QED) is 0.706. The first kappa shape index (κ1) is 17.3. The summed E-state index contributed by atoms with van der Waals surface area (Å²) >= 11 is 1.64. The number of aromatic nitrogens is 3. The average molecular weight is 355 g/mol. The minimum absolute atomic E-state index is 0.119. The maximum atomic E-state index is 12.3. The van der Waals surface area contributed by atoms with Crippen LogP contribution in [0.1, 0.15) is 16.9 Å². The van der Waals surface area contributed by atoms with Crippen LogP contribution in [0.25, 0.3) is 10.2 Å². The highest BCUT2D eigenvalue weighted by atomic mass is 32.1. The molecule has 0 aliphatic rings. The molecule has 1 amide bonds. The zero-order valence-corrected chi connectivity index (χ0v) is 15.2. The normalized spacial score (nSPS) is 10.8. The Morgan fingerprint density at radius 2 is 2.08 bits per heavy atom. The first-order chi connectivity index (χ1) is 12.1. The summed E-state index contributed by atoms with van der Waals surface area (Å²) in [6.07, 6.45) is 6.37. The number of amides is 1. The summed E-state index contributed by atoms with van der Waals surface area (Å²) in [6, 6.07) is 6.02. The Labute approximate surface area is 150 Å². The average Bonchev–Trinajstić information content (AvgIpc) is 3.01. The third-order valence-corrected chi connectivity index (χ3v) is 4.95. The summed E-state index contributed by atoms with van der Waals surface area (Å²) in [4.78, 5) is 28.8. The lowest BCUT2D eigenvalue weighted by atomic mass is 10.2. The third kappa shape index (κ3) is 4.51. The predicted molar refractivity (Wildman–Crippen MR) is 101 cm³/mol. The lowest BCUT2D eigenvalue weighted by molar-refractivity contribution is -0.129. The molecule has 130 valence electrons. The van der Waals surface area contributed by atoms with E-state index in [-0.39, 0.29) is 5.91 Å². The number of hydrogen-bond donors (Lipinski definition) is 1. The van der Waals surface area contributed by atoms with Gasteiger partial charge in [0.15, 0.2) is 0 Å². The van der Waals surface area contributed by atoms with Crippen LogP contribution in [-0.4, -0.2) is 45.9 Å². The second kappa shape index (κ2) is 8.02. The van der Waals surface area contributed by atoms with Gasteiger partial charge in [-0.3, -0.25) is 9.78 Å².